The third-order valence-corrected chi connectivity index (χ3v) is 2.94. The minimum Gasteiger partial charge on any atom is -0.286 e. The molecule has 0 saturated heterocycles. The molecule has 1 N–H and O–H groups in total. The van der Waals surface area contributed by atoms with Crippen LogP contribution in [0.15, 0.2) is 12.2 Å². The summed E-state index contributed by atoms with van der Waals surface area (Å²) < 4.78 is 29.2. The molecule has 0 aliphatic heterocycles. The molecule has 0 radical (unpaired) electrons. The Labute approximate surface area is 93.3 Å². The van der Waals surface area contributed by atoms with E-state index in [-0.39, 0.29) is 5.75 Å². The summed E-state index contributed by atoms with van der Waals surface area (Å²) in [6, 6.07) is 0. The Morgan fingerprint density at radius 3 is 2.20 bits per heavy atom. The van der Waals surface area contributed by atoms with Gasteiger partial charge < -0.3 is 0 Å². The highest BCUT2D eigenvalue weighted by Crippen LogP contribution is 2.05. The van der Waals surface area contributed by atoms with Crippen LogP contribution in [0.1, 0.15) is 51.9 Å². The van der Waals surface area contributed by atoms with Crippen molar-refractivity contribution in [2.24, 2.45) is 0 Å². The molecule has 0 aliphatic carbocycles. The number of unbranched alkanes of at least 4 members (excludes halogenated alkanes) is 5. The van der Waals surface area contributed by atoms with E-state index in [1.54, 1.807) is 0 Å². The van der Waals surface area contributed by atoms with Crippen LogP contribution in [0.5, 0.6) is 0 Å². The average Bonchev–Trinajstić information content (AvgIpc) is 2.14. The van der Waals surface area contributed by atoms with Gasteiger partial charge >= 0.3 is 0 Å². The van der Waals surface area contributed by atoms with E-state index in [0.29, 0.717) is 6.42 Å². The fourth-order valence-electron chi connectivity index (χ4n) is 1.32. The first-order valence-corrected chi connectivity index (χ1v) is 7.27. The third-order valence-electron chi connectivity index (χ3n) is 2.18. The maximum atomic E-state index is 10.4. The van der Waals surface area contributed by atoms with E-state index >= 15 is 0 Å². The van der Waals surface area contributed by atoms with Gasteiger partial charge in [-0.15, -0.1) is 0 Å². The van der Waals surface area contributed by atoms with Crippen molar-refractivity contribution < 1.29 is 13.0 Å². The van der Waals surface area contributed by atoms with Crippen molar-refractivity contribution >= 4 is 10.1 Å². The molecule has 0 unspecified atom stereocenters. The predicted octanol–water partition coefficient (Wildman–Crippen LogP) is 3.18. The molecule has 0 fully saturated rings. The molecule has 15 heavy (non-hydrogen) atoms. The summed E-state index contributed by atoms with van der Waals surface area (Å²) in [5, 5.41) is 0. The van der Waals surface area contributed by atoms with Crippen LogP contribution >= 0.6 is 0 Å². The summed E-state index contributed by atoms with van der Waals surface area (Å²) in [6.45, 7) is 2.19. The summed E-state index contributed by atoms with van der Waals surface area (Å²) >= 11 is 0. The quantitative estimate of drug-likeness (QED) is 0.379. The molecule has 0 rings (SSSR count). The van der Waals surface area contributed by atoms with Gasteiger partial charge in [0.15, 0.2) is 0 Å². The maximum absolute atomic E-state index is 10.4. The highest BCUT2D eigenvalue weighted by Gasteiger charge is 2.00. The summed E-state index contributed by atoms with van der Waals surface area (Å²) in [7, 11) is -3.78. The first kappa shape index (κ1) is 14.6. The first-order chi connectivity index (χ1) is 7.06. The zero-order valence-corrected chi connectivity index (χ0v) is 10.3. The zero-order chi connectivity index (χ0) is 11.6. The fourth-order valence-corrected chi connectivity index (χ4v) is 1.75. The van der Waals surface area contributed by atoms with Gasteiger partial charge in [0.25, 0.3) is 10.1 Å². The summed E-state index contributed by atoms with van der Waals surface area (Å²) in [4.78, 5) is 0. The van der Waals surface area contributed by atoms with Crippen LogP contribution in [0, 0.1) is 0 Å². The molecule has 0 amide bonds. The van der Waals surface area contributed by atoms with Crippen molar-refractivity contribution in [1.82, 2.24) is 0 Å². The number of allylic oxidation sites excluding steroid dienone is 2. The largest absolute Gasteiger partial charge is 0.286 e. The van der Waals surface area contributed by atoms with E-state index in [0.717, 1.165) is 6.42 Å². The molecule has 0 saturated carbocycles. The number of hydrogen-bond donors (Lipinski definition) is 1. The van der Waals surface area contributed by atoms with Crippen molar-refractivity contribution in [2.45, 2.75) is 51.9 Å². The topological polar surface area (TPSA) is 54.4 Å². The molecule has 0 bridgehead atoms. The van der Waals surface area contributed by atoms with Crippen LogP contribution in [0.25, 0.3) is 0 Å². The van der Waals surface area contributed by atoms with Crippen molar-refractivity contribution in [2.75, 3.05) is 5.75 Å². The van der Waals surface area contributed by atoms with Gasteiger partial charge in [0.2, 0.25) is 0 Å². The Morgan fingerprint density at radius 2 is 1.60 bits per heavy atom. The van der Waals surface area contributed by atoms with E-state index in [2.05, 4.69) is 6.92 Å². The van der Waals surface area contributed by atoms with Gasteiger partial charge in [-0.05, 0) is 19.3 Å². The first-order valence-electron chi connectivity index (χ1n) is 5.66. The molecule has 0 aromatic carbocycles. The minimum atomic E-state index is -3.78. The second-order valence-corrected chi connectivity index (χ2v) is 5.32. The molecule has 90 valence electrons. The van der Waals surface area contributed by atoms with Gasteiger partial charge in [-0.3, -0.25) is 4.55 Å². The summed E-state index contributed by atoms with van der Waals surface area (Å²) in [5.74, 6) is -0.167. The second kappa shape index (κ2) is 8.92. The lowest BCUT2D eigenvalue weighted by Gasteiger charge is -1.96. The average molecular weight is 234 g/mol. The summed E-state index contributed by atoms with van der Waals surface area (Å²) in [6.07, 6.45) is 11.5. The van der Waals surface area contributed by atoms with Gasteiger partial charge in [-0.1, -0.05) is 44.8 Å². The Kier molecular flexibility index (Phi) is 8.71. The van der Waals surface area contributed by atoms with Crippen LogP contribution in [0.3, 0.4) is 0 Å². The molecule has 0 aromatic heterocycles. The van der Waals surface area contributed by atoms with Crippen molar-refractivity contribution in [1.29, 1.82) is 0 Å². The molecule has 0 atom stereocenters. The van der Waals surface area contributed by atoms with E-state index in [4.69, 9.17) is 4.55 Å². The smallest absolute Gasteiger partial charge is 0.265 e. The summed E-state index contributed by atoms with van der Waals surface area (Å²) in [5.41, 5.74) is 0. The highest BCUT2D eigenvalue weighted by molar-refractivity contribution is 7.85. The lowest BCUT2D eigenvalue weighted by molar-refractivity contribution is 0.483. The zero-order valence-electron chi connectivity index (χ0n) is 9.48. The van der Waals surface area contributed by atoms with Crippen LogP contribution in [-0.2, 0) is 10.1 Å². The normalized spacial score (nSPS) is 12.4. The van der Waals surface area contributed by atoms with E-state index in [1.165, 1.54) is 32.1 Å². The van der Waals surface area contributed by atoms with Gasteiger partial charge in [0, 0.05) is 0 Å². The van der Waals surface area contributed by atoms with E-state index < -0.39 is 10.1 Å². The molecule has 0 aliphatic rings. The minimum absolute atomic E-state index is 0.167. The molecular weight excluding hydrogens is 212 g/mol. The Balaban J connectivity index is 3.25. The highest BCUT2D eigenvalue weighted by atomic mass is 32.2. The molecule has 0 heterocycles. The number of rotatable bonds is 9. The van der Waals surface area contributed by atoms with Gasteiger partial charge in [-0.2, -0.15) is 8.42 Å². The maximum Gasteiger partial charge on any atom is 0.265 e. The number of hydrogen-bond acceptors (Lipinski definition) is 2. The van der Waals surface area contributed by atoms with Crippen LogP contribution in [0.2, 0.25) is 0 Å². The van der Waals surface area contributed by atoms with Gasteiger partial charge in [0.05, 0.1) is 5.75 Å². The standard InChI is InChI=1S/C11H22O3S/c1-2-3-4-5-6-7-8-9-10-11-15(12,13)14/h8-9H,2-7,10-11H2,1H3,(H,12,13,14)/b9-8+. The Morgan fingerprint density at radius 1 is 1.00 bits per heavy atom. The van der Waals surface area contributed by atoms with Gasteiger partial charge in [0.1, 0.15) is 0 Å². The predicted molar refractivity (Wildman–Crippen MR) is 63.5 cm³/mol. The van der Waals surface area contributed by atoms with Gasteiger partial charge in [-0.25, -0.2) is 0 Å². The van der Waals surface area contributed by atoms with Crippen molar-refractivity contribution in [3.05, 3.63) is 12.2 Å². The van der Waals surface area contributed by atoms with E-state index in [9.17, 15) is 8.42 Å². The van der Waals surface area contributed by atoms with Crippen LogP contribution in [-0.4, -0.2) is 18.7 Å². The molecule has 4 heteroatoms. The molecular formula is C11H22O3S. The molecule has 0 spiro atoms. The van der Waals surface area contributed by atoms with Crippen LogP contribution < -0.4 is 0 Å². The van der Waals surface area contributed by atoms with Crippen LogP contribution in [0.4, 0.5) is 0 Å². The molecule has 3 nitrogen and oxygen atoms in total. The van der Waals surface area contributed by atoms with Crippen molar-refractivity contribution in [3.63, 3.8) is 0 Å². The fraction of sp³-hybridized carbons (Fsp3) is 0.818. The lowest BCUT2D eigenvalue weighted by atomic mass is 10.1. The third kappa shape index (κ3) is 13.7. The second-order valence-electron chi connectivity index (χ2n) is 3.75. The van der Waals surface area contributed by atoms with Crippen molar-refractivity contribution in [3.8, 4) is 0 Å². The monoisotopic (exact) mass is 234 g/mol. The SMILES string of the molecule is CCCCCCC/C=C/CCS(=O)(=O)O. The lowest BCUT2D eigenvalue weighted by Crippen LogP contribution is -2.01. The Hall–Kier alpha value is -0.350. The Bertz CT molecular complexity index is 255. The molecule has 0 aromatic rings. The van der Waals surface area contributed by atoms with E-state index in [1.807, 2.05) is 12.2 Å².